The zero-order valence-electron chi connectivity index (χ0n) is 7.27. The summed E-state index contributed by atoms with van der Waals surface area (Å²) in [7, 11) is 0. The summed E-state index contributed by atoms with van der Waals surface area (Å²) in [6, 6.07) is 6.94. The normalized spacial score (nSPS) is 11.7. The molecular formula is C11H11NO. The van der Waals surface area contributed by atoms with Crippen molar-refractivity contribution in [3.8, 4) is 0 Å². The van der Waals surface area contributed by atoms with Gasteiger partial charge in [0, 0.05) is 0 Å². The second kappa shape index (κ2) is 4.44. The third-order valence-electron chi connectivity index (χ3n) is 1.80. The summed E-state index contributed by atoms with van der Waals surface area (Å²) in [5, 5.41) is 9.54. The van der Waals surface area contributed by atoms with Gasteiger partial charge in [0.2, 0.25) is 0 Å². The first-order valence-corrected chi connectivity index (χ1v) is 4.04. The minimum Gasteiger partial charge on any atom is -0.388 e. The van der Waals surface area contributed by atoms with Gasteiger partial charge >= 0.3 is 0 Å². The Morgan fingerprint density at radius 2 is 2.08 bits per heavy atom. The van der Waals surface area contributed by atoms with E-state index in [4.69, 9.17) is 6.57 Å². The van der Waals surface area contributed by atoms with Crippen LogP contribution in [0, 0.1) is 6.57 Å². The standard InChI is InChI=1S/C11H11NO/c1-3-4-11(13)9-5-7-10(12-2)8-6-9/h3,5-8,11,13H,1,4H2. The average Bonchev–Trinajstić information content (AvgIpc) is 2.18. The predicted octanol–water partition coefficient (Wildman–Crippen LogP) is 2.85. The number of hydrogen-bond donors (Lipinski definition) is 1. The van der Waals surface area contributed by atoms with Gasteiger partial charge in [0.1, 0.15) is 0 Å². The highest BCUT2D eigenvalue weighted by Crippen LogP contribution is 2.20. The Morgan fingerprint density at radius 1 is 1.46 bits per heavy atom. The smallest absolute Gasteiger partial charge is 0.187 e. The van der Waals surface area contributed by atoms with Crippen molar-refractivity contribution in [1.29, 1.82) is 0 Å². The van der Waals surface area contributed by atoms with Crippen LogP contribution in [0.4, 0.5) is 5.69 Å². The molecule has 0 bridgehead atoms. The summed E-state index contributed by atoms with van der Waals surface area (Å²) in [6.45, 7) is 10.3. The Bertz CT molecular complexity index is 321. The number of nitrogens with zero attached hydrogens (tertiary/aromatic N) is 1. The number of benzene rings is 1. The van der Waals surface area contributed by atoms with Gasteiger partial charge in [0.25, 0.3) is 0 Å². The van der Waals surface area contributed by atoms with Crippen molar-refractivity contribution in [1.82, 2.24) is 0 Å². The van der Waals surface area contributed by atoms with E-state index >= 15 is 0 Å². The van der Waals surface area contributed by atoms with Crippen LogP contribution in [-0.2, 0) is 0 Å². The molecule has 0 spiro atoms. The van der Waals surface area contributed by atoms with Crippen molar-refractivity contribution < 1.29 is 5.11 Å². The van der Waals surface area contributed by atoms with Crippen molar-refractivity contribution in [2.75, 3.05) is 0 Å². The Morgan fingerprint density at radius 3 is 2.54 bits per heavy atom. The van der Waals surface area contributed by atoms with Gasteiger partial charge in [-0.15, -0.1) is 6.58 Å². The minimum atomic E-state index is -0.503. The predicted molar refractivity (Wildman–Crippen MR) is 52.5 cm³/mol. The molecule has 1 rings (SSSR count). The molecule has 0 amide bonds. The molecule has 0 radical (unpaired) electrons. The molecule has 0 aliphatic heterocycles. The van der Waals surface area contributed by atoms with Gasteiger partial charge in [-0.3, -0.25) is 0 Å². The Labute approximate surface area is 78.0 Å². The summed E-state index contributed by atoms with van der Waals surface area (Å²) in [6.07, 6.45) is 1.71. The molecule has 1 atom stereocenters. The van der Waals surface area contributed by atoms with Crippen molar-refractivity contribution in [2.45, 2.75) is 12.5 Å². The maximum Gasteiger partial charge on any atom is 0.187 e. The molecule has 2 nitrogen and oxygen atoms in total. The summed E-state index contributed by atoms with van der Waals surface area (Å²) < 4.78 is 0. The van der Waals surface area contributed by atoms with E-state index in [0.717, 1.165) is 5.56 Å². The average molecular weight is 173 g/mol. The Kier molecular flexibility index (Phi) is 3.24. The van der Waals surface area contributed by atoms with Crippen LogP contribution in [0.2, 0.25) is 0 Å². The van der Waals surface area contributed by atoms with Crippen LogP contribution in [0.15, 0.2) is 36.9 Å². The number of aliphatic hydroxyl groups is 1. The molecule has 1 aromatic carbocycles. The molecule has 1 aromatic rings. The Balaban J connectivity index is 2.80. The fraction of sp³-hybridized carbons (Fsp3) is 0.182. The van der Waals surface area contributed by atoms with Crippen molar-refractivity contribution in [2.24, 2.45) is 0 Å². The number of aliphatic hydroxyl groups excluding tert-OH is 1. The van der Waals surface area contributed by atoms with Gasteiger partial charge in [0.05, 0.1) is 12.7 Å². The molecule has 2 heteroatoms. The first-order valence-electron chi connectivity index (χ1n) is 4.04. The van der Waals surface area contributed by atoms with Crippen molar-refractivity contribution in [3.63, 3.8) is 0 Å². The lowest BCUT2D eigenvalue weighted by Crippen LogP contribution is -1.94. The van der Waals surface area contributed by atoms with Crippen LogP contribution in [0.25, 0.3) is 4.85 Å². The van der Waals surface area contributed by atoms with Crippen LogP contribution in [0.1, 0.15) is 18.1 Å². The maximum absolute atomic E-state index is 9.54. The Hall–Kier alpha value is -1.59. The lowest BCUT2D eigenvalue weighted by atomic mass is 10.1. The van der Waals surface area contributed by atoms with Crippen molar-refractivity contribution in [3.05, 3.63) is 53.9 Å². The third-order valence-corrected chi connectivity index (χ3v) is 1.80. The SMILES string of the molecule is [C-]#[N+]c1ccc(C(O)CC=C)cc1. The van der Waals surface area contributed by atoms with Gasteiger partial charge in [0.15, 0.2) is 5.69 Å². The topological polar surface area (TPSA) is 24.6 Å². The van der Waals surface area contributed by atoms with E-state index in [-0.39, 0.29) is 0 Å². The second-order valence-electron chi connectivity index (χ2n) is 2.74. The number of hydrogen-bond acceptors (Lipinski definition) is 1. The first-order chi connectivity index (χ1) is 6.27. The molecule has 13 heavy (non-hydrogen) atoms. The molecule has 0 aliphatic rings. The third kappa shape index (κ3) is 2.43. The van der Waals surface area contributed by atoms with Crippen LogP contribution < -0.4 is 0 Å². The lowest BCUT2D eigenvalue weighted by Gasteiger charge is -2.07. The van der Waals surface area contributed by atoms with E-state index in [2.05, 4.69) is 11.4 Å². The van der Waals surface area contributed by atoms with E-state index in [1.54, 1.807) is 30.3 Å². The monoisotopic (exact) mass is 173 g/mol. The summed E-state index contributed by atoms with van der Waals surface area (Å²) in [5.41, 5.74) is 1.42. The van der Waals surface area contributed by atoms with E-state index in [9.17, 15) is 5.11 Å². The van der Waals surface area contributed by atoms with Gasteiger partial charge in [-0.1, -0.05) is 30.3 Å². The molecule has 0 saturated carbocycles. The van der Waals surface area contributed by atoms with Crippen LogP contribution >= 0.6 is 0 Å². The van der Waals surface area contributed by atoms with E-state index in [1.165, 1.54) is 0 Å². The largest absolute Gasteiger partial charge is 0.388 e. The fourth-order valence-electron chi connectivity index (χ4n) is 1.06. The highest BCUT2D eigenvalue weighted by molar-refractivity contribution is 5.45. The van der Waals surface area contributed by atoms with Crippen molar-refractivity contribution >= 4 is 5.69 Å². The summed E-state index contributed by atoms with van der Waals surface area (Å²) in [4.78, 5) is 3.27. The van der Waals surface area contributed by atoms with Gasteiger partial charge in [-0.25, -0.2) is 4.85 Å². The molecule has 0 aliphatic carbocycles. The highest BCUT2D eigenvalue weighted by atomic mass is 16.3. The summed E-state index contributed by atoms with van der Waals surface area (Å²) in [5.74, 6) is 0. The molecule has 0 heterocycles. The minimum absolute atomic E-state index is 0.503. The highest BCUT2D eigenvalue weighted by Gasteiger charge is 2.03. The van der Waals surface area contributed by atoms with E-state index in [0.29, 0.717) is 12.1 Å². The molecule has 1 unspecified atom stereocenters. The zero-order chi connectivity index (χ0) is 9.68. The molecule has 0 aromatic heterocycles. The van der Waals surface area contributed by atoms with Crippen LogP contribution in [0.3, 0.4) is 0 Å². The van der Waals surface area contributed by atoms with E-state index < -0.39 is 6.10 Å². The lowest BCUT2D eigenvalue weighted by molar-refractivity contribution is 0.181. The van der Waals surface area contributed by atoms with Gasteiger partial charge in [-0.2, -0.15) is 0 Å². The van der Waals surface area contributed by atoms with E-state index in [1.807, 2.05) is 0 Å². The molecule has 1 N–H and O–H groups in total. The maximum atomic E-state index is 9.54. The molecule has 0 fully saturated rings. The molecule has 66 valence electrons. The fourth-order valence-corrected chi connectivity index (χ4v) is 1.06. The van der Waals surface area contributed by atoms with Crippen LogP contribution in [-0.4, -0.2) is 5.11 Å². The first kappa shape index (κ1) is 9.50. The van der Waals surface area contributed by atoms with Gasteiger partial charge in [-0.05, 0) is 12.0 Å². The van der Waals surface area contributed by atoms with Crippen LogP contribution in [0.5, 0.6) is 0 Å². The number of rotatable bonds is 3. The molecular weight excluding hydrogens is 162 g/mol. The molecule has 0 saturated heterocycles. The zero-order valence-corrected chi connectivity index (χ0v) is 7.27. The quantitative estimate of drug-likeness (QED) is 0.551. The summed E-state index contributed by atoms with van der Waals surface area (Å²) >= 11 is 0. The van der Waals surface area contributed by atoms with Gasteiger partial charge < -0.3 is 5.11 Å². The second-order valence-corrected chi connectivity index (χ2v) is 2.74.